The minimum atomic E-state index is -0.564. The predicted octanol–water partition coefficient (Wildman–Crippen LogP) is 8.44. The average Bonchev–Trinajstić information content (AvgIpc) is 3.20. The Kier molecular flexibility index (Phi) is 10.3. The Balaban J connectivity index is 0.00000108. The van der Waals surface area contributed by atoms with E-state index in [2.05, 4.69) is 5.32 Å². The molecule has 2 aromatic carbocycles. The van der Waals surface area contributed by atoms with Gasteiger partial charge in [0.25, 0.3) is 6.47 Å². The van der Waals surface area contributed by atoms with Gasteiger partial charge >= 0.3 is 6.09 Å². The van der Waals surface area contributed by atoms with Crippen molar-refractivity contribution in [1.29, 1.82) is 0 Å². The number of halogens is 2. The highest BCUT2D eigenvalue weighted by Crippen LogP contribution is 2.40. The Morgan fingerprint density at radius 1 is 1.11 bits per heavy atom. The van der Waals surface area contributed by atoms with Crippen LogP contribution in [0.1, 0.15) is 50.7 Å². The number of hydrogen-bond donors (Lipinski definition) is 2. The fourth-order valence-corrected chi connectivity index (χ4v) is 5.37. The van der Waals surface area contributed by atoms with Crippen molar-refractivity contribution in [1.82, 2.24) is 0 Å². The first-order valence-corrected chi connectivity index (χ1v) is 12.8. The van der Waals surface area contributed by atoms with E-state index in [0.29, 0.717) is 21.2 Å². The quantitative estimate of drug-likeness (QED) is 0.309. The number of thiophene rings is 1. The number of carbonyl (C=O) groups excluding carboxylic acids is 1. The van der Waals surface area contributed by atoms with Crippen molar-refractivity contribution in [3.8, 4) is 16.2 Å². The van der Waals surface area contributed by atoms with E-state index >= 15 is 0 Å². The standard InChI is InChI=1S/C25H25Cl2NO3S.CH2O2/c1-16(20-9-5-6-10-21(20)26)30-25(29)28-22-15-23(27)32-24(22)17-11-13-19(14-12-17)31-18-7-3-2-4-8-18;2-1-3/h5-6,9-16,18H,2-4,7-8H2,1H3,(H,28,29);1H,(H,2,3). The molecule has 0 radical (unpaired) electrons. The van der Waals surface area contributed by atoms with Crippen LogP contribution in [-0.4, -0.2) is 23.8 Å². The Morgan fingerprint density at radius 3 is 2.43 bits per heavy atom. The monoisotopic (exact) mass is 535 g/mol. The van der Waals surface area contributed by atoms with E-state index in [-0.39, 0.29) is 6.47 Å². The van der Waals surface area contributed by atoms with Crippen LogP contribution in [0.3, 0.4) is 0 Å². The Hall–Kier alpha value is -2.74. The molecule has 35 heavy (non-hydrogen) atoms. The zero-order chi connectivity index (χ0) is 25.2. The van der Waals surface area contributed by atoms with Crippen molar-refractivity contribution >= 4 is 52.8 Å². The summed E-state index contributed by atoms with van der Waals surface area (Å²) in [4.78, 5) is 21.8. The molecule has 0 saturated heterocycles. The van der Waals surface area contributed by atoms with Gasteiger partial charge in [0.2, 0.25) is 0 Å². The average molecular weight is 536 g/mol. The van der Waals surface area contributed by atoms with E-state index in [4.69, 9.17) is 42.6 Å². The third kappa shape index (κ3) is 7.88. The number of ether oxygens (including phenoxy) is 2. The van der Waals surface area contributed by atoms with Crippen LogP contribution in [0.25, 0.3) is 10.4 Å². The minimum Gasteiger partial charge on any atom is -0.490 e. The second-order valence-corrected chi connectivity index (χ2v) is 10.1. The molecule has 4 rings (SSSR count). The highest BCUT2D eigenvalue weighted by atomic mass is 35.5. The molecule has 1 unspecified atom stereocenters. The van der Waals surface area contributed by atoms with Gasteiger partial charge < -0.3 is 14.6 Å². The lowest BCUT2D eigenvalue weighted by molar-refractivity contribution is -0.122. The molecule has 1 amide bonds. The van der Waals surface area contributed by atoms with Crippen molar-refractivity contribution in [3.05, 3.63) is 69.5 Å². The van der Waals surface area contributed by atoms with Gasteiger partial charge in [0, 0.05) is 10.6 Å². The molecule has 6 nitrogen and oxygen atoms in total. The maximum absolute atomic E-state index is 12.5. The number of hydrogen-bond acceptors (Lipinski definition) is 5. The summed E-state index contributed by atoms with van der Waals surface area (Å²) in [5.74, 6) is 0.866. The number of anilines is 1. The SMILES string of the molecule is CC(OC(=O)Nc1cc(Cl)sc1-c1ccc(OC2CCCCC2)cc1)c1ccccc1Cl.O=CO. The van der Waals surface area contributed by atoms with Gasteiger partial charge in [-0.2, -0.15) is 0 Å². The lowest BCUT2D eigenvalue weighted by Crippen LogP contribution is -2.19. The highest BCUT2D eigenvalue weighted by Gasteiger charge is 2.19. The van der Waals surface area contributed by atoms with Crippen LogP contribution in [0.5, 0.6) is 5.75 Å². The van der Waals surface area contributed by atoms with Gasteiger partial charge in [-0.3, -0.25) is 10.1 Å². The molecule has 9 heteroatoms. The number of benzene rings is 2. The lowest BCUT2D eigenvalue weighted by atomic mass is 9.98. The summed E-state index contributed by atoms with van der Waals surface area (Å²) in [5.41, 5.74) is 2.31. The molecule has 1 heterocycles. The van der Waals surface area contributed by atoms with E-state index in [9.17, 15) is 4.79 Å². The van der Waals surface area contributed by atoms with Crippen LogP contribution in [-0.2, 0) is 9.53 Å². The molecule has 1 saturated carbocycles. The topological polar surface area (TPSA) is 84.9 Å². The zero-order valence-electron chi connectivity index (χ0n) is 19.2. The molecule has 1 fully saturated rings. The summed E-state index contributed by atoms with van der Waals surface area (Å²) >= 11 is 13.9. The summed E-state index contributed by atoms with van der Waals surface area (Å²) in [5, 5.41) is 10.3. The molecular weight excluding hydrogens is 509 g/mol. The molecule has 1 aliphatic carbocycles. The molecule has 0 bridgehead atoms. The summed E-state index contributed by atoms with van der Waals surface area (Å²) in [7, 11) is 0. The van der Waals surface area contributed by atoms with Crippen molar-refractivity contribution in [2.45, 2.75) is 51.2 Å². The minimum absolute atomic E-state index is 0.250. The molecule has 186 valence electrons. The smallest absolute Gasteiger partial charge is 0.412 e. The number of amides is 1. The van der Waals surface area contributed by atoms with Crippen molar-refractivity contribution in [2.24, 2.45) is 0 Å². The summed E-state index contributed by atoms with van der Waals surface area (Å²) in [6.45, 7) is 1.54. The van der Waals surface area contributed by atoms with Crippen molar-refractivity contribution in [2.75, 3.05) is 5.32 Å². The molecule has 0 spiro atoms. The highest BCUT2D eigenvalue weighted by molar-refractivity contribution is 7.20. The summed E-state index contributed by atoms with van der Waals surface area (Å²) < 4.78 is 12.2. The van der Waals surface area contributed by atoms with Crippen LogP contribution in [0.4, 0.5) is 10.5 Å². The molecule has 2 N–H and O–H groups in total. The first-order chi connectivity index (χ1) is 16.9. The van der Waals surface area contributed by atoms with Crippen molar-refractivity contribution in [3.63, 3.8) is 0 Å². The Bertz CT molecular complexity index is 1110. The van der Waals surface area contributed by atoms with E-state index in [1.807, 2.05) is 42.5 Å². The normalized spacial score (nSPS) is 14.3. The second kappa shape index (κ2) is 13.4. The number of nitrogens with one attached hydrogen (secondary N) is 1. The van der Waals surface area contributed by atoms with Crippen molar-refractivity contribution < 1.29 is 24.2 Å². The van der Waals surface area contributed by atoms with Crippen LogP contribution in [0.15, 0.2) is 54.6 Å². The lowest BCUT2D eigenvalue weighted by Gasteiger charge is -2.23. The van der Waals surface area contributed by atoms with Gasteiger partial charge in [-0.25, -0.2) is 4.79 Å². The van der Waals surface area contributed by atoms with Gasteiger partial charge in [-0.05, 0) is 74.6 Å². The van der Waals surface area contributed by atoms with Gasteiger partial charge in [-0.15, -0.1) is 11.3 Å². The molecule has 1 atom stereocenters. The van der Waals surface area contributed by atoms with Crippen LogP contribution < -0.4 is 10.1 Å². The Morgan fingerprint density at radius 2 is 1.77 bits per heavy atom. The van der Waals surface area contributed by atoms with E-state index in [1.165, 1.54) is 30.6 Å². The van der Waals surface area contributed by atoms with Crippen LogP contribution in [0, 0.1) is 0 Å². The van der Waals surface area contributed by atoms with E-state index in [1.54, 1.807) is 19.1 Å². The molecule has 3 aromatic rings. The molecule has 1 aliphatic rings. The summed E-state index contributed by atoms with van der Waals surface area (Å²) in [6, 6.07) is 17.0. The predicted molar refractivity (Wildman–Crippen MR) is 141 cm³/mol. The number of rotatable bonds is 6. The fourth-order valence-electron chi connectivity index (χ4n) is 3.90. The fraction of sp³-hybridized carbons (Fsp3) is 0.308. The third-order valence-electron chi connectivity index (χ3n) is 5.54. The Labute approximate surface area is 218 Å². The number of carboxylic acid groups (broad SMARTS) is 1. The molecular formula is C26H27Cl2NO5S. The number of carbonyl (C=O) groups is 2. The first kappa shape index (κ1) is 26.9. The van der Waals surface area contributed by atoms with Gasteiger partial charge in [-0.1, -0.05) is 47.8 Å². The van der Waals surface area contributed by atoms with E-state index in [0.717, 1.165) is 34.6 Å². The molecule has 0 aliphatic heterocycles. The zero-order valence-corrected chi connectivity index (χ0v) is 21.5. The first-order valence-electron chi connectivity index (χ1n) is 11.3. The third-order valence-corrected chi connectivity index (χ3v) is 7.19. The maximum Gasteiger partial charge on any atom is 0.412 e. The van der Waals surface area contributed by atoms with Crippen LogP contribution in [0.2, 0.25) is 9.36 Å². The van der Waals surface area contributed by atoms with Gasteiger partial charge in [0.1, 0.15) is 11.9 Å². The maximum atomic E-state index is 12.5. The van der Waals surface area contributed by atoms with Crippen LogP contribution >= 0.6 is 34.5 Å². The second-order valence-electron chi connectivity index (χ2n) is 8.00. The van der Waals surface area contributed by atoms with E-state index < -0.39 is 12.2 Å². The van der Waals surface area contributed by atoms with Gasteiger partial charge in [0.05, 0.1) is 21.0 Å². The largest absolute Gasteiger partial charge is 0.490 e. The summed E-state index contributed by atoms with van der Waals surface area (Å²) in [6.07, 6.45) is 5.25. The van der Waals surface area contributed by atoms with Gasteiger partial charge in [0.15, 0.2) is 0 Å². The molecule has 1 aromatic heterocycles.